The summed E-state index contributed by atoms with van der Waals surface area (Å²) in [6.45, 7) is 6.84. The van der Waals surface area contributed by atoms with Crippen molar-refractivity contribution in [3.05, 3.63) is 18.2 Å². The lowest BCUT2D eigenvalue weighted by Gasteiger charge is -2.17. The average molecular weight is 455 g/mol. The molecular weight excluding hydrogens is 428 g/mol. The van der Waals surface area contributed by atoms with Crippen LogP contribution in [-0.2, 0) is 14.4 Å². The van der Waals surface area contributed by atoms with Gasteiger partial charge in [0.05, 0.1) is 21.8 Å². The van der Waals surface area contributed by atoms with Gasteiger partial charge in [-0.3, -0.25) is 14.4 Å². The number of hydrogen-bond donors (Lipinski definition) is 2. The van der Waals surface area contributed by atoms with Crippen LogP contribution in [0, 0.1) is 0 Å². The summed E-state index contributed by atoms with van der Waals surface area (Å²) in [6.07, 6.45) is 0.375. The number of benzene rings is 1. The van der Waals surface area contributed by atoms with E-state index in [1.807, 2.05) is 36.9 Å². The van der Waals surface area contributed by atoms with Crippen LogP contribution in [0.1, 0.15) is 27.2 Å². The third kappa shape index (κ3) is 7.87. The number of thiazole rings is 1. The molecule has 0 saturated carbocycles. The van der Waals surface area contributed by atoms with Crippen LogP contribution >= 0.6 is 34.9 Å². The lowest BCUT2D eigenvalue weighted by Crippen LogP contribution is -2.31. The summed E-state index contributed by atoms with van der Waals surface area (Å²) in [6, 6.07) is 5.62. The summed E-state index contributed by atoms with van der Waals surface area (Å²) in [5.41, 5.74) is 1.59. The van der Waals surface area contributed by atoms with Gasteiger partial charge < -0.3 is 15.5 Å². The highest BCUT2D eigenvalue weighted by molar-refractivity contribution is 8.01. The molecule has 0 aliphatic rings. The summed E-state index contributed by atoms with van der Waals surface area (Å²) in [4.78, 5) is 41.4. The Morgan fingerprint density at radius 1 is 1.21 bits per heavy atom. The van der Waals surface area contributed by atoms with Crippen LogP contribution in [0.2, 0.25) is 0 Å². The molecule has 29 heavy (non-hydrogen) atoms. The number of nitrogens with one attached hydrogen (secondary N) is 2. The van der Waals surface area contributed by atoms with E-state index in [1.54, 1.807) is 0 Å². The van der Waals surface area contributed by atoms with E-state index >= 15 is 0 Å². The van der Waals surface area contributed by atoms with E-state index in [0.717, 1.165) is 20.2 Å². The molecule has 0 bridgehead atoms. The molecule has 1 heterocycles. The summed E-state index contributed by atoms with van der Waals surface area (Å²) in [5, 5.41) is 5.58. The molecule has 0 spiro atoms. The fourth-order valence-electron chi connectivity index (χ4n) is 2.45. The second-order valence-corrected chi connectivity index (χ2v) is 9.46. The second kappa shape index (κ2) is 12.0. The van der Waals surface area contributed by atoms with Crippen LogP contribution < -0.4 is 10.6 Å². The molecule has 3 amide bonds. The number of anilines is 1. The van der Waals surface area contributed by atoms with E-state index in [0.29, 0.717) is 36.9 Å². The second-order valence-electron chi connectivity index (χ2n) is 6.10. The number of amides is 3. The Morgan fingerprint density at radius 3 is 2.66 bits per heavy atom. The number of hydrogen-bond acceptors (Lipinski definition) is 7. The van der Waals surface area contributed by atoms with Crippen molar-refractivity contribution in [2.75, 3.05) is 35.8 Å². The first kappa shape index (κ1) is 23.5. The summed E-state index contributed by atoms with van der Waals surface area (Å²) in [5.74, 6) is 1.49. The molecule has 1 aromatic carbocycles. The summed E-state index contributed by atoms with van der Waals surface area (Å²) >= 11 is 4.47. The van der Waals surface area contributed by atoms with Crippen molar-refractivity contribution >= 4 is 68.5 Å². The van der Waals surface area contributed by atoms with Crippen LogP contribution in [0.5, 0.6) is 0 Å². The molecular formula is C19H26N4O3S3. The van der Waals surface area contributed by atoms with Gasteiger partial charge in [0.2, 0.25) is 17.7 Å². The van der Waals surface area contributed by atoms with Crippen LogP contribution in [0.4, 0.5) is 5.69 Å². The molecule has 0 unspecified atom stereocenters. The first-order valence-electron chi connectivity index (χ1n) is 9.36. The number of thioether (sulfide) groups is 2. The third-order valence-corrected chi connectivity index (χ3v) is 6.97. The Hall–Kier alpha value is -1.78. The third-order valence-electron chi connectivity index (χ3n) is 3.98. The molecule has 0 aliphatic carbocycles. The maximum Gasteiger partial charge on any atom is 0.232 e. The molecule has 0 fully saturated rings. The van der Waals surface area contributed by atoms with Crippen LogP contribution in [0.3, 0.4) is 0 Å². The molecule has 1 aromatic heterocycles. The van der Waals surface area contributed by atoms with E-state index in [2.05, 4.69) is 15.6 Å². The van der Waals surface area contributed by atoms with Gasteiger partial charge in [0.1, 0.15) is 0 Å². The molecule has 0 atom stereocenters. The SMILES string of the molecule is CCN(CC)C(=O)CSc1nc2ccc(NC(=O)CCSCNC(C)=O)cc2s1. The topological polar surface area (TPSA) is 91.4 Å². The predicted molar refractivity (Wildman–Crippen MR) is 123 cm³/mol. The molecule has 0 radical (unpaired) electrons. The molecule has 10 heteroatoms. The van der Waals surface area contributed by atoms with Crippen molar-refractivity contribution in [3.8, 4) is 0 Å². The summed E-state index contributed by atoms with van der Waals surface area (Å²) in [7, 11) is 0. The van der Waals surface area contributed by atoms with Gasteiger partial charge in [-0.2, -0.15) is 0 Å². The lowest BCUT2D eigenvalue weighted by atomic mass is 10.3. The molecule has 158 valence electrons. The van der Waals surface area contributed by atoms with Crippen molar-refractivity contribution in [1.29, 1.82) is 0 Å². The number of carbonyl (C=O) groups is 3. The fourth-order valence-corrected chi connectivity index (χ4v) is 5.24. The van der Waals surface area contributed by atoms with E-state index in [4.69, 9.17) is 0 Å². The highest BCUT2D eigenvalue weighted by Crippen LogP contribution is 2.31. The monoisotopic (exact) mass is 454 g/mol. The normalized spacial score (nSPS) is 10.7. The summed E-state index contributed by atoms with van der Waals surface area (Å²) < 4.78 is 1.82. The van der Waals surface area contributed by atoms with Gasteiger partial charge in [0.25, 0.3) is 0 Å². The molecule has 7 nitrogen and oxygen atoms in total. The predicted octanol–water partition coefficient (Wildman–Crippen LogP) is 3.41. The van der Waals surface area contributed by atoms with Crippen LogP contribution in [0.25, 0.3) is 10.2 Å². The highest BCUT2D eigenvalue weighted by atomic mass is 32.2. The minimum atomic E-state index is -0.0743. The van der Waals surface area contributed by atoms with Crippen molar-refractivity contribution in [3.63, 3.8) is 0 Å². The smallest absolute Gasteiger partial charge is 0.232 e. The first-order chi connectivity index (χ1) is 13.9. The zero-order chi connectivity index (χ0) is 21.2. The molecule has 0 aliphatic heterocycles. The van der Waals surface area contributed by atoms with Gasteiger partial charge in [-0.05, 0) is 32.0 Å². The maximum atomic E-state index is 12.1. The van der Waals surface area contributed by atoms with Crippen molar-refractivity contribution in [2.24, 2.45) is 0 Å². The Kier molecular flexibility index (Phi) is 9.75. The average Bonchev–Trinajstić information content (AvgIpc) is 3.09. The molecule has 0 saturated heterocycles. The fraction of sp³-hybridized carbons (Fsp3) is 0.474. The molecule has 2 aromatic rings. The Morgan fingerprint density at radius 2 is 1.97 bits per heavy atom. The number of carbonyl (C=O) groups excluding carboxylic acids is 3. The Bertz CT molecular complexity index is 852. The Balaban J connectivity index is 1.86. The molecule has 2 N–H and O–H groups in total. The quantitative estimate of drug-likeness (QED) is 0.307. The minimum absolute atomic E-state index is 0.0661. The zero-order valence-corrected chi connectivity index (χ0v) is 19.3. The standard InChI is InChI=1S/C19H26N4O3S3/c1-4-23(5-2)18(26)11-28-19-22-15-7-6-14(10-16(15)29-19)21-17(25)8-9-27-12-20-13(3)24/h6-7,10H,4-5,8-9,11-12H2,1-3H3,(H,20,24)(H,21,25). The van der Waals surface area contributed by atoms with Gasteiger partial charge in [-0.25, -0.2) is 4.98 Å². The van der Waals surface area contributed by atoms with Crippen LogP contribution in [-0.4, -0.2) is 58.1 Å². The van der Waals surface area contributed by atoms with Gasteiger partial charge in [0, 0.05) is 37.9 Å². The van der Waals surface area contributed by atoms with Gasteiger partial charge in [-0.1, -0.05) is 11.8 Å². The van der Waals surface area contributed by atoms with Gasteiger partial charge in [-0.15, -0.1) is 23.1 Å². The highest BCUT2D eigenvalue weighted by Gasteiger charge is 2.12. The van der Waals surface area contributed by atoms with Crippen molar-refractivity contribution in [1.82, 2.24) is 15.2 Å². The van der Waals surface area contributed by atoms with E-state index in [9.17, 15) is 14.4 Å². The van der Waals surface area contributed by atoms with Gasteiger partial charge >= 0.3 is 0 Å². The number of nitrogens with zero attached hydrogens (tertiary/aromatic N) is 2. The minimum Gasteiger partial charge on any atom is -0.347 e. The number of fused-ring (bicyclic) bond motifs is 1. The zero-order valence-electron chi connectivity index (χ0n) is 16.8. The van der Waals surface area contributed by atoms with Crippen molar-refractivity contribution in [2.45, 2.75) is 31.5 Å². The van der Waals surface area contributed by atoms with Gasteiger partial charge in [0.15, 0.2) is 4.34 Å². The van der Waals surface area contributed by atoms with E-state index in [-0.39, 0.29) is 17.7 Å². The molecule has 2 rings (SSSR count). The largest absolute Gasteiger partial charge is 0.347 e. The Labute approximate surface area is 183 Å². The van der Waals surface area contributed by atoms with E-state index < -0.39 is 0 Å². The lowest BCUT2D eigenvalue weighted by molar-refractivity contribution is -0.128. The maximum absolute atomic E-state index is 12.1. The van der Waals surface area contributed by atoms with Crippen molar-refractivity contribution < 1.29 is 14.4 Å². The van der Waals surface area contributed by atoms with Crippen LogP contribution in [0.15, 0.2) is 22.5 Å². The van der Waals surface area contributed by atoms with E-state index in [1.165, 1.54) is 41.8 Å². The number of rotatable bonds is 11. The number of aromatic nitrogens is 1. The first-order valence-corrected chi connectivity index (χ1v) is 12.3.